The van der Waals surface area contributed by atoms with Gasteiger partial charge in [0.2, 0.25) is 5.60 Å². The number of aliphatic carboxylic acids is 1. The zero-order valence-corrected chi connectivity index (χ0v) is 22.7. The van der Waals surface area contributed by atoms with Gasteiger partial charge in [-0.2, -0.15) is 0 Å². The first kappa shape index (κ1) is 26.6. The Labute approximate surface area is 232 Å². The zero-order chi connectivity index (χ0) is 27.8. The molecule has 1 amide bonds. The first-order valence-electron chi connectivity index (χ1n) is 12.7. The zero-order valence-electron chi connectivity index (χ0n) is 22.0. The number of anilines is 2. The summed E-state index contributed by atoms with van der Waals surface area (Å²) >= 11 is 6.16. The molecule has 3 aromatic carbocycles. The summed E-state index contributed by atoms with van der Waals surface area (Å²) in [6.07, 6.45) is 3.56. The van der Waals surface area contributed by atoms with E-state index in [1.54, 1.807) is 37.4 Å². The normalized spacial score (nSPS) is 16.2. The summed E-state index contributed by atoms with van der Waals surface area (Å²) in [7, 11) is 1.54. The number of fused-ring (bicyclic) bond motifs is 2. The first-order valence-corrected chi connectivity index (χ1v) is 13.1. The first-order chi connectivity index (χ1) is 18.6. The van der Waals surface area contributed by atoms with E-state index in [1.165, 1.54) is 25.6 Å². The van der Waals surface area contributed by atoms with Crippen molar-refractivity contribution < 1.29 is 24.3 Å². The van der Waals surface area contributed by atoms with Crippen molar-refractivity contribution >= 4 is 41.1 Å². The van der Waals surface area contributed by atoms with E-state index in [-0.39, 0.29) is 11.3 Å². The van der Waals surface area contributed by atoms with Crippen LogP contribution in [0.2, 0.25) is 5.02 Å². The van der Waals surface area contributed by atoms with Crippen LogP contribution in [0.25, 0.3) is 0 Å². The number of halogens is 1. The standard InChI is InChI=1S/C30H30ClN3O5/c1-29(2,28(36)37)39-32-17-19-14-22(16-23(15-19)38-3)33-26(20-8-10-21(31)11-9-20)27(35)34-18-30(12-13-30)24-6-4-5-7-25(24)34/h4-11,14-17,26,33H,12-13,18H2,1-3H3,(H,36,37)/b32-17+. The molecule has 1 fully saturated rings. The number of methoxy groups -OCH3 is 1. The van der Waals surface area contributed by atoms with Gasteiger partial charge in [0.1, 0.15) is 11.8 Å². The molecule has 8 nitrogen and oxygen atoms in total. The van der Waals surface area contributed by atoms with Gasteiger partial charge in [-0.15, -0.1) is 0 Å². The van der Waals surface area contributed by atoms with Crippen LogP contribution < -0.4 is 15.0 Å². The maximum atomic E-state index is 14.2. The average Bonchev–Trinajstić information content (AvgIpc) is 3.63. The van der Waals surface area contributed by atoms with Crippen LogP contribution in [0.5, 0.6) is 5.75 Å². The van der Waals surface area contributed by atoms with E-state index in [0.717, 1.165) is 24.1 Å². The number of nitrogens with zero attached hydrogens (tertiary/aromatic N) is 2. The quantitative estimate of drug-likeness (QED) is 0.260. The maximum absolute atomic E-state index is 14.2. The molecule has 0 radical (unpaired) electrons. The van der Waals surface area contributed by atoms with Crippen molar-refractivity contribution in [2.75, 3.05) is 23.9 Å². The monoisotopic (exact) mass is 547 g/mol. The Morgan fingerprint density at radius 1 is 1.13 bits per heavy atom. The van der Waals surface area contributed by atoms with Crippen molar-refractivity contribution in [2.45, 2.75) is 43.7 Å². The molecule has 1 spiro atoms. The fraction of sp³-hybridized carbons (Fsp3) is 0.300. The molecule has 1 aliphatic heterocycles. The summed E-state index contributed by atoms with van der Waals surface area (Å²) in [4.78, 5) is 32.6. The van der Waals surface area contributed by atoms with Gasteiger partial charge >= 0.3 is 5.97 Å². The van der Waals surface area contributed by atoms with Crippen molar-refractivity contribution in [1.29, 1.82) is 0 Å². The van der Waals surface area contributed by atoms with E-state index in [1.807, 2.05) is 35.2 Å². The van der Waals surface area contributed by atoms with Crippen LogP contribution in [0.1, 0.15) is 49.4 Å². The van der Waals surface area contributed by atoms with Crippen LogP contribution in [0.15, 0.2) is 71.9 Å². The average molecular weight is 548 g/mol. The van der Waals surface area contributed by atoms with E-state index in [4.69, 9.17) is 21.2 Å². The van der Waals surface area contributed by atoms with Crippen LogP contribution in [-0.4, -0.2) is 42.5 Å². The molecule has 202 valence electrons. The number of hydrogen-bond donors (Lipinski definition) is 2. The van der Waals surface area contributed by atoms with E-state index < -0.39 is 17.6 Å². The second-order valence-corrected chi connectivity index (χ2v) is 10.9. The topological polar surface area (TPSA) is 100 Å². The number of benzene rings is 3. The van der Waals surface area contributed by atoms with Crippen molar-refractivity contribution in [3.8, 4) is 5.75 Å². The highest BCUT2D eigenvalue weighted by atomic mass is 35.5. The maximum Gasteiger partial charge on any atom is 0.350 e. The lowest BCUT2D eigenvalue weighted by atomic mass is 9.99. The summed E-state index contributed by atoms with van der Waals surface area (Å²) in [5.41, 5.74) is 2.75. The lowest BCUT2D eigenvalue weighted by Crippen LogP contribution is -2.38. The molecule has 1 heterocycles. The van der Waals surface area contributed by atoms with E-state index in [9.17, 15) is 14.7 Å². The predicted molar refractivity (Wildman–Crippen MR) is 151 cm³/mol. The van der Waals surface area contributed by atoms with Gasteiger partial charge in [-0.05, 0) is 68.1 Å². The summed E-state index contributed by atoms with van der Waals surface area (Å²) in [5, 5.41) is 17.1. The Morgan fingerprint density at radius 2 is 1.85 bits per heavy atom. The second kappa shape index (κ2) is 10.3. The molecule has 39 heavy (non-hydrogen) atoms. The summed E-state index contributed by atoms with van der Waals surface area (Å²) in [5.74, 6) is -0.670. The van der Waals surface area contributed by atoms with Gasteiger partial charge < -0.3 is 24.9 Å². The van der Waals surface area contributed by atoms with Crippen molar-refractivity contribution in [3.05, 3.63) is 88.4 Å². The number of hydrogen-bond acceptors (Lipinski definition) is 6. The molecule has 2 N–H and O–H groups in total. The molecule has 1 unspecified atom stereocenters. The smallest absolute Gasteiger partial charge is 0.350 e. The highest BCUT2D eigenvalue weighted by Crippen LogP contribution is 2.56. The Hall–Kier alpha value is -4.04. The molecule has 9 heteroatoms. The Bertz CT molecular complexity index is 1430. The van der Waals surface area contributed by atoms with Crippen LogP contribution in [0.3, 0.4) is 0 Å². The third kappa shape index (κ3) is 5.43. The molecule has 0 saturated heterocycles. The minimum absolute atomic E-state index is 0.0557. The van der Waals surface area contributed by atoms with Crippen molar-refractivity contribution in [1.82, 2.24) is 0 Å². The van der Waals surface area contributed by atoms with Gasteiger partial charge in [0.05, 0.1) is 13.3 Å². The number of para-hydroxylation sites is 1. The van der Waals surface area contributed by atoms with Crippen LogP contribution >= 0.6 is 11.6 Å². The molecule has 3 aromatic rings. The highest BCUT2D eigenvalue weighted by molar-refractivity contribution is 6.30. The van der Waals surface area contributed by atoms with Crippen molar-refractivity contribution in [2.24, 2.45) is 5.16 Å². The SMILES string of the molecule is COc1cc(/C=N/OC(C)(C)C(=O)O)cc(NC(C(=O)N2CC3(CC3)c3ccccc32)c2ccc(Cl)cc2)c1. The Balaban J connectivity index is 1.46. The molecule has 5 rings (SSSR count). The molecule has 1 aliphatic carbocycles. The minimum atomic E-state index is -1.48. The number of carbonyl (C=O) groups is 2. The number of carbonyl (C=O) groups excluding carboxylic acids is 1. The largest absolute Gasteiger partial charge is 0.497 e. The van der Waals surface area contributed by atoms with Gasteiger partial charge in [-0.1, -0.05) is 47.1 Å². The summed E-state index contributed by atoms with van der Waals surface area (Å²) < 4.78 is 5.48. The number of carboxylic acid groups (broad SMARTS) is 1. The lowest BCUT2D eigenvalue weighted by molar-refractivity contribution is -0.161. The predicted octanol–water partition coefficient (Wildman–Crippen LogP) is 5.79. The molecule has 1 saturated carbocycles. The van der Waals surface area contributed by atoms with Gasteiger partial charge in [0.15, 0.2) is 0 Å². The lowest BCUT2D eigenvalue weighted by Gasteiger charge is -2.26. The van der Waals surface area contributed by atoms with Gasteiger partial charge in [0, 0.05) is 40.0 Å². The third-order valence-corrected chi connectivity index (χ3v) is 7.52. The Kier molecular flexibility index (Phi) is 6.99. The number of amides is 1. The molecule has 0 bridgehead atoms. The van der Waals surface area contributed by atoms with Crippen molar-refractivity contribution in [3.63, 3.8) is 0 Å². The fourth-order valence-electron chi connectivity index (χ4n) is 4.83. The molecular formula is C30H30ClN3O5. The molecule has 1 atom stereocenters. The summed E-state index contributed by atoms with van der Waals surface area (Å²) in [6.45, 7) is 3.48. The summed E-state index contributed by atoms with van der Waals surface area (Å²) in [6, 6.07) is 20.0. The Morgan fingerprint density at radius 3 is 2.51 bits per heavy atom. The minimum Gasteiger partial charge on any atom is -0.497 e. The number of nitrogens with one attached hydrogen (secondary N) is 1. The van der Waals surface area contributed by atoms with Crippen LogP contribution in [0.4, 0.5) is 11.4 Å². The van der Waals surface area contributed by atoms with E-state index in [0.29, 0.717) is 28.6 Å². The van der Waals surface area contributed by atoms with Gasteiger partial charge in [-0.3, -0.25) is 4.79 Å². The number of carboxylic acids is 1. The second-order valence-electron chi connectivity index (χ2n) is 10.5. The molecular weight excluding hydrogens is 518 g/mol. The van der Waals surface area contributed by atoms with E-state index in [2.05, 4.69) is 16.5 Å². The molecule has 0 aromatic heterocycles. The van der Waals surface area contributed by atoms with Gasteiger partial charge in [0.25, 0.3) is 5.91 Å². The van der Waals surface area contributed by atoms with Crippen LogP contribution in [-0.2, 0) is 19.8 Å². The number of rotatable bonds is 9. The van der Waals surface area contributed by atoms with Crippen LogP contribution in [0, 0.1) is 0 Å². The highest BCUT2D eigenvalue weighted by Gasteiger charge is 2.53. The molecule has 2 aliphatic rings. The fourth-order valence-corrected chi connectivity index (χ4v) is 4.95. The third-order valence-electron chi connectivity index (χ3n) is 7.27. The van der Waals surface area contributed by atoms with Gasteiger partial charge in [-0.25, -0.2) is 4.79 Å². The number of oxime groups is 1. The van der Waals surface area contributed by atoms with E-state index >= 15 is 0 Å². The number of ether oxygens (including phenoxy) is 1.